The molecule has 31 heavy (non-hydrogen) atoms. The lowest BCUT2D eigenvalue weighted by atomic mass is 10.1. The monoisotopic (exact) mass is 495 g/mol. The van der Waals surface area contributed by atoms with Crippen LogP contribution in [0.2, 0.25) is 5.02 Å². The highest BCUT2D eigenvalue weighted by molar-refractivity contribution is 9.10. The van der Waals surface area contributed by atoms with Gasteiger partial charge >= 0.3 is 11.9 Å². The van der Waals surface area contributed by atoms with Gasteiger partial charge in [0, 0.05) is 10.0 Å². The van der Waals surface area contributed by atoms with Crippen molar-refractivity contribution in [1.29, 1.82) is 0 Å². The van der Waals surface area contributed by atoms with Crippen LogP contribution < -0.4 is 4.74 Å². The van der Waals surface area contributed by atoms with E-state index >= 15 is 0 Å². The maximum atomic E-state index is 12.6. The standard InChI is InChI=1S/C24H15BrClNO4/c1-14-5-4-6-15(11-14)23(28)30-21-10-9-17(25)12-16(21)13-20-24(29)31-22(27-20)18-7-2-3-8-19(18)26/h2-13H,1H3/b20-13-. The fourth-order valence-electron chi connectivity index (χ4n) is 2.96. The summed E-state index contributed by atoms with van der Waals surface area (Å²) in [7, 11) is 0. The Morgan fingerprint density at radius 2 is 1.90 bits per heavy atom. The van der Waals surface area contributed by atoms with Gasteiger partial charge in [-0.15, -0.1) is 0 Å². The molecule has 0 fully saturated rings. The molecule has 0 amide bonds. The van der Waals surface area contributed by atoms with Crippen molar-refractivity contribution in [1.82, 2.24) is 0 Å². The van der Waals surface area contributed by atoms with Crippen LogP contribution in [0.4, 0.5) is 0 Å². The summed E-state index contributed by atoms with van der Waals surface area (Å²) < 4.78 is 11.6. The zero-order valence-electron chi connectivity index (χ0n) is 16.3. The van der Waals surface area contributed by atoms with Gasteiger partial charge in [0.15, 0.2) is 5.70 Å². The van der Waals surface area contributed by atoms with E-state index in [-0.39, 0.29) is 17.3 Å². The van der Waals surface area contributed by atoms with Crippen LogP contribution in [0, 0.1) is 6.92 Å². The summed E-state index contributed by atoms with van der Waals surface area (Å²) in [6.07, 6.45) is 1.51. The van der Waals surface area contributed by atoms with Crippen LogP contribution in [-0.2, 0) is 9.53 Å². The Kier molecular flexibility index (Phi) is 6.02. The lowest BCUT2D eigenvalue weighted by Gasteiger charge is -2.09. The van der Waals surface area contributed by atoms with Gasteiger partial charge in [0.1, 0.15) is 5.75 Å². The van der Waals surface area contributed by atoms with Crippen molar-refractivity contribution in [2.24, 2.45) is 4.99 Å². The van der Waals surface area contributed by atoms with Crippen LogP contribution in [0.15, 0.2) is 81.9 Å². The molecule has 1 aliphatic heterocycles. The minimum absolute atomic E-state index is 0.0703. The van der Waals surface area contributed by atoms with Crippen molar-refractivity contribution in [2.45, 2.75) is 6.92 Å². The van der Waals surface area contributed by atoms with Gasteiger partial charge in [0.2, 0.25) is 5.90 Å². The van der Waals surface area contributed by atoms with Gasteiger partial charge in [0.25, 0.3) is 0 Å². The number of esters is 2. The number of carbonyl (C=O) groups is 2. The zero-order valence-corrected chi connectivity index (χ0v) is 18.6. The normalized spacial score (nSPS) is 14.4. The molecule has 0 unspecified atom stereocenters. The quantitative estimate of drug-likeness (QED) is 0.253. The second-order valence-electron chi connectivity index (χ2n) is 6.76. The molecule has 0 aliphatic carbocycles. The second-order valence-corrected chi connectivity index (χ2v) is 8.08. The highest BCUT2D eigenvalue weighted by atomic mass is 79.9. The van der Waals surface area contributed by atoms with Gasteiger partial charge in [-0.05, 0) is 55.5 Å². The maximum Gasteiger partial charge on any atom is 0.363 e. The first-order valence-corrected chi connectivity index (χ1v) is 10.4. The van der Waals surface area contributed by atoms with Crippen molar-refractivity contribution in [2.75, 3.05) is 0 Å². The summed E-state index contributed by atoms with van der Waals surface area (Å²) in [5.41, 5.74) is 2.46. The fourth-order valence-corrected chi connectivity index (χ4v) is 3.56. The Labute approximate surface area is 192 Å². The molecule has 3 aromatic rings. The lowest BCUT2D eigenvalue weighted by Crippen LogP contribution is -2.09. The molecule has 5 nitrogen and oxygen atoms in total. The largest absolute Gasteiger partial charge is 0.422 e. The summed E-state index contributed by atoms with van der Waals surface area (Å²) in [6.45, 7) is 1.90. The molecular weight excluding hydrogens is 482 g/mol. The molecular formula is C24H15BrClNO4. The molecule has 0 atom stereocenters. The maximum absolute atomic E-state index is 12.6. The van der Waals surface area contributed by atoms with Gasteiger partial charge < -0.3 is 9.47 Å². The van der Waals surface area contributed by atoms with E-state index in [0.29, 0.717) is 21.7 Å². The predicted octanol–water partition coefficient (Wildman–Crippen LogP) is 5.97. The molecule has 1 heterocycles. The fraction of sp³-hybridized carbons (Fsp3) is 0.0417. The van der Waals surface area contributed by atoms with Gasteiger partial charge in [0.05, 0.1) is 16.1 Å². The lowest BCUT2D eigenvalue weighted by molar-refractivity contribution is -0.129. The van der Waals surface area contributed by atoms with E-state index in [2.05, 4.69) is 20.9 Å². The third-order valence-corrected chi connectivity index (χ3v) is 5.27. The minimum Gasteiger partial charge on any atom is -0.422 e. The topological polar surface area (TPSA) is 65.0 Å². The Morgan fingerprint density at radius 1 is 1.10 bits per heavy atom. The van der Waals surface area contributed by atoms with Crippen LogP contribution in [0.25, 0.3) is 6.08 Å². The first-order valence-electron chi connectivity index (χ1n) is 9.26. The molecule has 0 saturated heterocycles. The van der Waals surface area contributed by atoms with Crippen LogP contribution in [0.5, 0.6) is 5.75 Å². The van der Waals surface area contributed by atoms with Gasteiger partial charge in [-0.25, -0.2) is 14.6 Å². The Hall–Kier alpha value is -3.22. The van der Waals surface area contributed by atoms with E-state index in [1.54, 1.807) is 60.7 Å². The average molecular weight is 497 g/mol. The molecule has 154 valence electrons. The highest BCUT2D eigenvalue weighted by Gasteiger charge is 2.26. The Balaban J connectivity index is 1.67. The number of halogens is 2. The molecule has 0 spiro atoms. The molecule has 1 aliphatic rings. The van der Waals surface area contributed by atoms with Gasteiger partial charge in [-0.1, -0.05) is 57.4 Å². The second kappa shape index (κ2) is 8.88. The molecule has 3 aromatic carbocycles. The third kappa shape index (κ3) is 4.76. The van der Waals surface area contributed by atoms with E-state index in [9.17, 15) is 9.59 Å². The van der Waals surface area contributed by atoms with Crippen LogP contribution in [0.1, 0.15) is 27.0 Å². The Bertz CT molecular complexity index is 1270. The highest BCUT2D eigenvalue weighted by Crippen LogP contribution is 2.29. The third-order valence-electron chi connectivity index (χ3n) is 4.45. The molecule has 0 aromatic heterocycles. The number of benzene rings is 3. The van der Waals surface area contributed by atoms with E-state index in [0.717, 1.165) is 10.0 Å². The molecule has 0 N–H and O–H groups in total. The number of aryl methyl sites for hydroxylation is 1. The van der Waals surface area contributed by atoms with Crippen molar-refractivity contribution in [3.05, 3.63) is 104 Å². The molecule has 0 saturated carbocycles. The number of hydrogen-bond donors (Lipinski definition) is 0. The first-order chi connectivity index (χ1) is 14.9. The number of aliphatic imine (C=N–C) groups is 1. The number of rotatable bonds is 4. The number of ether oxygens (including phenoxy) is 2. The number of cyclic esters (lactones) is 1. The molecule has 0 bridgehead atoms. The van der Waals surface area contributed by atoms with Crippen LogP contribution in [0.3, 0.4) is 0 Å². The molecule has 7 heteroatoms. The average Bonchev–Trinajstić information content (AvgIpc) is 3.10. The first kappa shape index (κ1) is 21.0. The summed E-state index contributed by atoms with van der Waals surface area (Å²) >= 11 is 9.58. The van der Waals surface area contributed by atoms with Gasteiger partial charge in [-0.3, -0.25) is 0 Å². The van der Waals surface area contributed by atoms with Crippen molar-refractivity contribution >= 4 is 51.4 Å². The van der Waals surface area contributed by atoms with Crippen LogP contribution in [-0.4, -0.2) is 17.8 Å². The molecule has 4 rings (SSSR count). The zero-order chi connectivity index (χ0) is 22.0. The minimum atomic E-state index is -0.620. The number of hydrogen-bond acceptors (Lipinski definition) is 5. The van der Waals surface area contributed by atoms with E-state index < -0.39 is 11.9 Å². The number of carbonyl (C=O) groups excluding carboxylic acids is 2. The van der Waals surface area contributed by atoms with E-state index in [1.165, 1.54) is 6.08 Å². The number of nitrogens with zero attached hydrogens (tertiary/aromatic N) is 1. The molecule has 0 radical (unpaired) electrons. The summed E-state index contributed by atoms with van der Waals surface area (Å²) in [5, 5.41) is 0.422. The summed E-state index contributed by atoms with van der Waals surface area (Å²) in [4.78, 5) is 29.3. The predicted molar refractivity (Wildman–Crippen MR) is 122 cm³/mol. The smallest absolute Gasteiger partial charge is 0.363 e. The van der Waals surface area contributed by atoms with Crippen molar-refractivity contribution in [3.8, 4) is 5.75 Å². The summed E-state index contributed by atoms with van der Waals surface area (Å²) in [5.74, 6) is -0.711. The van der Waals surface area contributed by atoms with Crippen molar-refractivity contribution < 1.29 is 19.1 Å². The SMILES string of the molecule is Cc1cccc(C(=O)Oc2ccc(Br)cc2/C=C2\N=C(c3ccccc3Cl)OC2=O)c1. The Morgan fingerprint density at radius 3 is 2.68 bits per heavy atom. The van der Waals surface area contributed by atoms with Gasteiger partial charge in [-0.2, -0.15) is 0 Å². The van der Waals surface area contributed by atoms with E-state index in [4.69, 9.17) is 21.1 Å². The van der Waals surface area contributed by atoms with E-state index in [1.807, 2.05) is 13.0 Å². The summed E-state index contributed by atoms with van der Waals surface area (Å²) in [6, 6.07) is 19.2. The van der Waals surface area contributed by atoms with Crippen molar-refractivity contribution in [3.63, 3.8) is 0 Å². The van der Waals surface area contributed by atoms with Crippen LogP contribution >= 0.6 is 27.5 Å².